The van der Waals surface area contributed by atoms with Gasteiger partial charge in [0, 0.05) is 25.0 Å². The van der Waals surface area contributed by atoms with Crippen LogP contribution < -0.4 is 4.72 Å². The average molecular weight is 466 g/mol. The van der Waals surface area contributed by atoms with E-state index in [-0.39, 0.29) is 10.6 Å². The van der Waals surface area contributed by atoms with Crippen molar-refractivity contribution in [2.24, 2.45) is 5.16 Å². The highest BCUT2D eigenvalue weighted by Crippen LogP contribution is 2.22. The zero-order valence-corrected chi connectivity index (χ0v) is 18.5. The van der Waals surface area contributed by atoms with E-state index in [2.05, 4.69) is 9.88 Å². The van der Waals surface area contributed by atoms with Crippen molar-refractivity contribution in [2.45, 2.75) is 36.3 Å². The summed E-state index contributed by atoms with van der Waals surface area (Å²) in [6.45, 7) is 0. The maximum absolute atomic E-state index is 13.1. The summed E-state index contributed by atoms with van der Waals surface area (Å²) in [5, 5.41) is 15.1. The summed E-state index contributed by atoms with van der Waals surface area (Å²) in [6.07, 6.45) is 1.06. The Morgan fingerprint density at radius 1 is 0.970 bits per heavy atom. The van der Waals surface area contributed by atoms with Gasteiger partial charge in [-0.2, -0.15) is 0 Å². The highest BCUT2D eigenvalue weighted by Gasteiger charge is 2.33. The van der Waals surface area contributed by atoms with Gasteiger partial charge < -0.3 is 4.84 Å². The van der Waals surface area contributed by atoms with Crippen LogP contribution in [0.1, 0.15) is 17.5 Å². The third kappa shape index (κ3) is 5.82. The second-order valence-electron chi connectivity index (χ2n) is 7.84. The maximum Gasteiger partial charge on any atom is 0.269 e. The van der Waals surface area contributed by atoms with Crippen LogP contribution in [0, 0.1) is 10.1 Å². The number of hydrogen-bond acceptors (Lipinski definition) is 6. The molecule has 3 aromatic carbocycles. The normalized spacial score (nSPS) is 16.6. The molecule has 0 saturated carbocycles. The first-order valence-electron chi connectivity index (χ1n) is 10.5. The molecule has 2 unspecified atom stereocenters. The van der Waals surface area contributed by atoms with Gasteiger partial charge in [0.2, 0.25) is 10.0 Å². The maximum atomic E-state index is 13.1. The lowest BCUT2D eigenvalue weighted by Gasteiger charge is -2.23. The van der Waals surface area contributed by atoms with Gasteiger partial charge in [0.05, 0.1) is 21.6 Å². The first-order valence-corrected chi connectivity index (χ1v) is 12.0. The Kier molecular flexibility index (Phi) is 6.81. The summed E-state index contributed by atoms with van der Waals surface area (Å²) >= 11 is 0. The van der Waals surface area contributed by atoms with Gasteiger partial charge in [0.15, 0.2) is 0 Å². The lowest BCUT2D eigenvalue weighted by molar-refractivity contribution is -0.384. The molecule has 0 saturated heterocycles. The molecule has 170 valence electrons. The Morgan fingerprint density at radius 2 is 1.58 bits per heavy atom. The van der Waals surface area contributed by atoms with Crippen molar-refractivity contribution in [1.29, 1.82) is 0 Å². The molecule has 33 heavy (non-hydrogen) atoms. The molecular weight excluding hydrogens is 442 g/mol. The van der Waals surface area contributed by atoms with E-state index in [1.54, 1.807) is 0 Å². The number of hydrogen-bond donors (Lipinski definition) is 1. The van der Waals surface area contributed by atoms with Crippen LogP contribution in [0.15, 0.2) is 95.0 Å². The Labute approximate surface area is 192 Å². The summed E-state index contributed by atoms with van der Waals surface area (Å²) in [7, 11) is -3.94. The van der Waals surface area contributed by atoms with E-state index in [0.29, 0.717) is 19.3 Å². The minimum atomic E-state index is -3.94. The predicted molar refractivity (Wildman–Crippen MR) is 124 cm³/mol. The molecule has 0 amide bonds. The highest BCUT2D eigenvalue weighted by atomic mass is 32.2. The smallest absolute Gasteiger partial charge is 0.269 e. The van der Waals surface area contributed by atoms with Crippen LogP contribution in [0.5, 0.6) is 0 Å². The zero-order chi connectivity index (χ0) is 23.3. The monoisotopic (exact) mass is 465 g/mol. The number of rotatable bonds is 9. The highest BCUT2D eigenvalue weighted by molar-refractivity contribution is 7.89. The number of nitro groups is 1. The van der Waals surface area contributed by atoms with Crippen molar-refractivity contribution in [3.8, 4) is 0 Å². The molecule has 8 nitrogen and oxygen atoms in total. The van der Waals surface area contributed by atoms with Gasteiger partial charge in [0.25, 0.3) is 5.69 Å². The summed E-state index contributed by atoms with van der Waals surface area (Å²) in [6, 6.07) is 23.6. The van der Waals surface area contributed by atoms with Crippen LogP contribution >= 0.6 is 0 Å². The minimum absolute atomic E-state index is 0.0467. The van der Waals surface area contributed by atoms with Crippen LogP contribution in [0.4, 0.5) is 5.69 Å². The quantitative estimate of drug-likeness (QED) is 0.381. The van der Waals surface area contributed by atoms with Gasteiger partial charge in [-0.3, -0.25) is 10.1 Å². The van der Waals surface area contributed by atoms with Gasteiger partial charge >= 0.3 is 0 Å². The van der Waals surface area contributed by atoms with Crippen LogP contribution in [0.3, 0.4) is 0 Å². The van der Waals surface area contributed by atoms with E-state index in [4.69, 9.17) is 4.84 Å². The van der Waals surface area contributed by atoms with Crippen molar-refractivity contribution in [2.75, 3.05) is 0 Å². The third-order valence-corrected chi connectivity index (χ3v) is 6.92. The molecule has 4 rings (SSSR count). The number of nitrogens with one attached hydrogen (secondary N) is 1. The Hall–Kier alpha value is -3.56. The number of sulfonamides is 1. The number of benzene rings is 3. The largest absolute Gasteiger partial charge is 0.390 e. The summed E-state index contributed by atoms with van der Waals surface area (Å²) in [4.78, 5) is 15.9. The summed E-state index contributed by atoms with van der Waals surface area (Å²) < 4.78 is 28.9. The van der Waals surface area contributed by atoms with E-state index in [0.717, 1.165) is 16.8 Å². The van der Waals surface area contributed by atoms with Crippen molar-refractivity contribution >= 4 is 21.4 Å². The van der Waals surface area contributed by atoms with Crippen molar-refractivity contribution in [3.63, 3.8) is 0 Å². The number of nitrogens with zero attached hydrogens (tertiary/aromatic N) is 2. The molecule has 0 bridgehead atoms. The van der Waals surface area contributed by atoms with Gasteiger partial charge in [-0.1, -0.05) is 65.8 Å². The molecule has 0 aliphatic carbocycles. The van der Waals surface area contributed by atoms with E-state index in [1.807, 2.05) is 60.7 Å². The molecule has 0 spiro atoms. The lowest BCUT2D eigenvalue weighted by atomic mass is 9.97. The van der Waals surface area contributed by atoms with Crippen LogP contribution in [-0.2, 0) is 27.7 Å². The molecule has 3 aromatic rings. The Morgan fingerprint density at radius 3 is 2.18 bits per heavy atom. The Balaban J connectivity index is 1.52. The molecular formula is C24H23N3O5S. The lowest BCUT2D eigenvalue weighted by Crippen LogP contribution is -2.45. The van der Waals surface area contributed by atoms with Gasteiger partial charge in [-0.05, 0) is 29.7 Å². The molecule has 0 fully saturated rings. The average Bonchev–Trinajstić information content (AvgIpc) is 3.28. The fourth-order valence-electron chi connectivity index (χ4n) is 3.73. The molecule has 2 atom stereocenters. The summed E-state index contributed by atoms with van der Waals surface area (Å²) in [5.41, 5.74) is 2.73. The zero-order valence-electron chi connectivity index (χ0n) is 17.7. The molecule has 1 aliphatic heterocycles. The van der Waals surface area contributed by atoms with Gasteiger partial charge in [-0.15, -0.1) is 0 Å². The molecule has 0 radical (unpaired) electrons. The summed E-state index contributed by atoms with van der Waals surface area (Å²) in [5.74, 6) is 0. The second-order valence-corrected chi connectivity index (χ2v) is 9.55. The van der Waals surface area contributed by atoms with E-state index in [9.17, 15) is 18.5 Å². The van der Waals surface area contributed by atoms with Crippen LogP contribution in [0.2, 0.25) is 0 Å². The van der Waals surface area contributed by atoms with Crippen LogP contribution in [0.25, 0.3) is 0 Å². The van der Waals surface area contributed by atoms with Crippen molar-refractivity contribution < 1.29 is 18.2 Å². The second kappa shape index (κ2) is 9.93. The molecule has 0 aromatic heterocycles. The fraction of sp³-hybridized carbons (Fsp3) is 0.208. The van der Waals surface area contributed by atoms with Crippen LogP contribution in [-0.4, -0.2) is 31.2 Å². The van der Waals surface area contributed by atoms with Gasteiger partial charge in [-0.25, -0.2) is 13.1 Å². The molecule has 9 heteroatoms. The topological polar surface area (TPSA) is 111 Å². The first-order chi connectivity index (χ1) is 15.9. The van der Waals surface area contributed by atoms with E-state index < -0.39 is 27.1 Å². The number of non-ortho nitro benzene ring substituents is 1. The first kappa shape index (κ1) is 22.6. The van der Waals surface area contributed by atoms with Crippen molar-refractivity contribution in [3.05, 3.63) is 106 Å². The number of oxime groups is 1. The third-order valence-electron chi connectivity index (χ3n) is 5.42. The molecule has 1 aliphatic rings. The molecule has 1 N–H and O–H groups in total. The van der Waals surface area contributed by atoms with Crippen molar-refractivity contribution in [1.82, 2.24) is 4.72 Å². The SMILES string of the molecule is O=[N+]([O-])c1ccc(S(=O)(=O)NC(Cc2ccccc2)C2CC(Cc3ccccc3)=NO2)cc1. The van der Waals surface area contributed by atoms with Gasteiger partial charge in [0.1, 0.15) is 6.10 Å². The number of nitro benzene ring substituents is 1. The molecule has 1 heterocycles. The minimum Gasteiger partial charge on any atom is -0.390 e. The Bertz CT molecular complexity index is 1230. The van der Waals surface area contributed by atoms with E-state index in [1.165, 1.54) is 24.3 Å². The van der Waals surface area contributed by atoms with E-state index >= 15 is 0 Å². The predicted octanol–water partition coefficient (Wildman–Crippen LogP) is 3.87. The fourth-order valence-corrected chi connectivity index (χ4v) is 5.00. The standard InChI is InChI=1S/C24H23N3O5S/c28-27(29)21-11-13-22(14-12-21)33(30,31)26-23(16-19-9-5-2-6-10-19)24-17-20(25-32-24)15-18-7-3-1-4-8-18/h1-14,23-24,26H,15-17H2.